The molecule has 3 aromatic rings. The van der Waals surface area contributed by atoms with Crippen LogP contribution in [0.25, 0.3) is 10.2 Å². The Morgan fingerprint density at radius 3 is 3.05 bits per heavy atom. The van der Waals surface area contributed by atoms with Crippen LogP contribution in [0.5, 0.6) is 5.75 Å². The first-order valence-electron chi connectivity index (χ1n) is 6.36. The molecule has 0 spiro atoms. The highest BCUT2D eigenvalue weighted by Gasteiger charge is 2.09. The second-order valence-electron chi connectivity index (χ2n) is 4.20. The number of hydrogen-bond acceptors (Lipinski definition) is 6. The minimum Gasteiger partial charge on any atom is -0.488 e. The molecule has 0 aromatic carbocycles. The molecule has 106 valence electrons. The van der Waals surface area contributed by atoms with Crippen LogP contribution in [-0.4, -0.2) is 29.2 Å². The summed E-state index contributed by atoms with van der Waals surface area (Å²) in [7, 11) is 0. The van der Waals surface area contributed by atoms with Crippen molar-refractivity contribution in [2.75, 3.05) is 13.2 Å². The van der Waals surface area contributed by atoms with Crippen molar-refractivity contribution in [1.29, 1.82) is 0 Å². The fourth-order valence-electron chi connectivity index (χ4n) is 1.77. The zero-order valence-electron chi connectivity index (χ0n) is 11.1. The van der Waals surface area contributed by atoms with Crippen LogP contribution in [-0.2, 0) is 4.74 Å². The van der Waals surface area contributed by atoms with Gasteiger partial charge in [-0.1, -0.05) is 0 Å². The number of esters is 1. The van der Waals surface area contributed by atoms with Gasteiger partial charge in [-0.15, -0.1) is 11.3 Å². The van der Waals surface area contributed by atoms with Crippen molar-refractivity contribution in [3.05, 3.63) is 53.8 Å². The molecular weight excluding hydrogens is 288 g/mol. The van der Waals surface area contributed by atoms with Gasteiger partial charge in [-0.3, -0.25) is 9.97 Å². The van der Waals surface area contributed by atoms with Gasteiger partial charge >= 0.3 is 5.97 Å². The number of fused-ring (bicyclic) bond motifs is 1. The molecule has 5 nitrogen and oxygen atoms in total. The van der Waals surface area contributed by atoms with E-state index < -0.39 is 5.97 Å². The Morgan fingerprint density at radius 1 is 1.24 bits per heavy atom. The number of carbonyl (C=O) groups is 1. The molecule has 0 bridgehead atoms. The van der Waals surface area contributed by atoms with E-state index in [1.165, 1.54) is 6.20 Å². The number of thiophene rings is 1. The molecule has 3 heterocycles. The van der Waals surface area contributed by atoms with Crippen LogP contribution in [0, 0.1) is 0 Å². The lowest BCUT2D eigenvalue weighted by atomic mass is 10.3. The lowest BCUT2D eigenvalue weighted by molar-refractivity contribution is 0.0450. The lowest BCUT2D eigenvalue weighted by Crippen LogP contribution is -2.12. The highest BCUT2D eigenvalue weighted by molar-refractivity contribution is 7.17. The minimum absolute atomic E-state index is 0.177. The van der Waals surface area contributed by atoms with Gasteiger partial charge in [-0.25, -0.2) is 4.79 Å². The van der Waals surface area contributed by atoms with Crippen LogP contribution in [0.15, 0.2) is 48.2 Å². The lowest BCUT2D eigenvalue weighted by Gasteiger charge is -2.06. The Hall–Kier alpha value is -2.47. The molecule has 0 aliphatic rings. The molecule has 3 aromatic heterocycles. The van der Waals surface area contributed by atoms with E-state index in [0.29, 0.717) is 11.3 Å². The molecule has 6 heteroatoms. The van der Waals surface area contributed by atoms with Crippen molar-refractivity contribution in [1.82, 2.24) is 9.97 Å². The number of carbonyl (C=O) groups excluding carboxylic acids is 1. The Bertz CT molecular complexity index is 743. The van der Waals surface area contributed by atoms with Crippen molar-refractivity contribution in [3.8, 4) is 5.75 Å². The summed E-state index contributed by atoms with van der Waals surface area (Å²) in [5.41, 5.74) is 1.34. The first kappa shape index (κ1) is 13.5. The summed E-state index contributed by atoms with van der Waals surface area (Å²) in [4.78, 5) is 20.0. The summed E-state index contributed by atoms with van der Waals surface area (Å²) in [6, 6.07) is 7.28. The molecule has 0 N–H and O–H groups in total. The summed E-state index contributed by atoms with van der Waals surface area (Å²) in [5, 5.41) is 1.94. The summed E-state index contributed by atoms with van der Waals surface area (Å²) in [5.74, 6) is 0.253. The maximum atomic E-state index is 11.9. The fourth-order valence-corrected chi connectivity index (χ4v) is 2.55. The average molecular weight is 300 g/mol. The highest BCUT2D eigenvalue weighted by Crippen LogP contribution is 2.19. The van der Waals surface area contributed by atoms with Gasteiger partial charge in [0.25, 0.3) is 0 Å². The standard InChI is InChI=1S/C15H12N2O3S/c18-15(11-8-14-13(17-9-11)3-7-21-14)20-6-5-19-12-2-1-4-16-10-12/h1-4,7-10H,5-6H2. The van der Waals surface area contributed by atoms with Crippen molar-refractivity contribution in [2.45, 2.75) is 0 Å². The SMILES string of the molecule is O=C(OCCOc1cccnc1)c1cnc2ccsc2c1. The normalized spacial score (nSPS) is 10.5. The van der Waals surface area contributed by atoms with Crippen molar-refractivity contribution < 1.29 is 14.3 Å². The van der Waals surface area contributed by atoms with Crippen molar-refractivity contribution in [3.63, 3.8) is 0 Å². The second kappa shape index (κ2) is 6.32. The highest BCUT2D eigenvalue weighted by atomic mass is 32.1. The Labute approximate surface area is 125 Å². The maximum absolute atomic E-state index is 11.9. The van der Waals surface area contributed by atoms with Crippen LogP contribution in [0.3, 0.4) is 0 Å². The third-order valence-electron chi connectivity index (χ3n) is 2.76. The smallest absolute Gasteiger partial charge is 0.339 e. The number of ether oxygens (including phenoxy) is 2. The zero-order chi connectivity index (χ0) is 14.5. The molecule has 21 heavy (non-hydrogen) atoms. The topological polar surface area (TPSA) is 61.3 Å². The molecule has 0 aliphatic carbocycles. The van der Waals surface area contributed by atoms with Crippen LogP contribution in [0.4, 0.5) is 0 Å². The van der Waals surface area contributed by atoms with Gasteiger partial charge in [0.05, 0.1) is 22.0 Å². The zero-order valence-corrected chi connectivity index (χ0v) is 11.9. The van der Waals surface area contributed by atoms with E-state index in [-0.39, 0.29) is 13.2 Å². The van der Waals surface area contributed by atoms with E-state index in [1.54, 1.807) is 41.9 Å². The van der Waals surface area contributed by atoms with Crippen LogP contribution < -0.4 is 4.74 Å². The van der Waals surface area contributed by atoms with Crippen LogP contribution in [0.1, 0.15) is 10.4 Å². The first-order chi connectivity index (χ1) is 10.3. The second-order valence-corrected chi connectivity index (χ2v) is 5.15. The average Bonchev–Trinajstić information content (AvgIpc) is 3.00. The number of aromatic nitrogens is 2. The molecule has 0 amide bonds. The molecule has 0 saturated carbocycles. The Balaban J connectivity index is 1.52. The van der Waals surface area contributed by atoms with E-state index in [0.717, 1.165) is 10.2 Å². The largest absolute Gasteiger partial charge is 0.488 e. The van der Waals surface area contributed by atoms with Gasteiger partial charge in [0.1, 0.15) is 19.0 Å². The number of pyridine rings is 2. The van der Waals surface area contributed by atoms with E-state index in [4.69, 9.17) is 9.47 Å². The Morgan fingerprint density at radius 2 is 2.19 bits per heavy atom. The van der Waals surface area contributed by atoms with Gasteiger partial charge < -0.3 is 9.47 Å². The van der Waals surface area contributed by atoms with Crippen molar-refractivity contribution in [2.24, 2.45) is 0 Å². The molecule has 0 atom stereocenters. The maximum Gasteiger partial charge on any atom is 0.339 e. The summed E-state index contributed by atoms with van der Waals surface area (Å²) in [6.07, 6.45) is 4.80. The van der Waals surface area contributed by atoms with Gasteiger partial charge in [0.2, 0.25) is 0 Å². The van der Waals surface area contributed by atoms with E-state index in [2.05, 4.69) is 9.97 Å². The third kappa shape index (κ3) is 3.35. The van der Waals surface area contributed by atoms with E-state index in [9.17, 15) is 4.79 Å². The third-order valence-corrected chi connectivity index (χ3v) is 3.61. The predicted octanol–water partition coefficient (Wildman–Crippen LogP) is 2.93. The predicted molar refractivity (Wildman–Crippen MR) is 79.6 cm³/mol. The fraction of sp³-hybridized carbons (Fsp3) is 0.133. The van der Waals surface area contributed by atoms with Crippen molar-refractivity contribution >= 4 is 27.5 Å². The van der Waals surface area contributed by atoms with Crippen LogP contribution in [0.2, 0.25) is 0 Å². The molecule has 0 unspecified atom stereocenters. The van der Waals surface area contributed by atoms with E-state index >= 15 is 0 Å². The summed E-state index contributed by atoms with van der Waals surface area (Å²) >= 11 is 1.54. The van der Waals surface area contributed by atoms with Gasteiger partial charge in [-0.05, 0) is 29.6 Å². The molecule has 0 radical (unpaired) electrons. The Kier molecular flexibility index (Phi) is 4.07. The van der Waals surface area contributed by atoms with Gasteiger partial charge in [0, 0.05) is 12.4 Å². The molecule has 3 rings (SSSR count). The first-order valence-corrected chi connectivity index (χ1v) is 7.24. The number of hydrogen-bond donors (Lipinski definition) is 0. The summed E-state index contributed by atoms with van der Waals surface area (Å²) < 4.78 is 11.5. The summed E-state index contributed by atoms with van der Waals surface area (Å²) in [6.45, 7) is 0.461. The van der Waals surface area contributed by atoms with Gasteiger partial charge in [-0.2, -0.15) is 0 Å². The molecule has 0 fully saturated rings. The molecular formula is C15H12N2O3S. The monoisotopic (exact) mass is 300 g/mol. The number of rotatable bonds is 5. The van der Waals surface area contributed by atoms with Gasteiger partial charge in [0.15, 0.2) is 0 Å². The molecule has 0 aliphatic heterocycles. The molecule has 0 saturated heterocycles. The minimum atomic E-state index is -0.396. The van der Waals surface area contributed by atoms with Crippen LogP contribution >= 0.6 is 11.3 Å². The quantitative estimate of drug-likeness (QED) is 0.535. The number of nitrogens with zero attached hydrogens (tertiary/aromatic N) is 2. The van der Waals surface area contributed by atoms with E-state index in [1.807, 2.05) is 11.4 Å².